The fraction of sp³-hybridized carbons (Fsp3) is 0.0476. The Morgan fingerprint density at radius 1 is 1.03 bits per heavy atom. The standard InChI is InChI=1S/C21H15ClN2O4S/c22-19-12-17(11-10-16(19)13-23)29(26,27)28-20-9-5-4-8-18(20)21(25)24-14-15-6-2-1-3-7-15/h1-12H,14H2,(H,24,25). The number of hydrogen-bond donors (Lipinski definition) is 1. The highest BCUT2D eigenvalue weighted by Crippen LogP contribution is 2.26. The molecular formula is C21H15ClN2O4S. The van der Waals surface area contributed by atoms with Crippen molar-refractivity contribution in [1.29, 1.82) is 5.26 Å². The van der Waals surface area contributed by atoms with E-state index in [4.69, 9.17) is 21.0 Å². The van der Waals surface area contributed by atoms with Crippen molar-refractivity contribution in [3.05, 3.63) is 94.5 Å². The predicted octanol–water partition coefficient (Wildman–Crippen LogP) is 3.91. The van der Waals surface area contributed by atoms with Gasteiger partial charge in [0.2, 0.25) is 0 Å². The first kappa shape index (κ1) is 20.4. The second-order valence-electron chi connectivity index (χ2n) is 5.96. The third-order valence-electron chi connectivity index (χ3n) is 3.98. The molecular weight excluding hydrogens is 412 g/mol. The van der Waals surface area contributed by atoms with Gasteiger partial charge < -0.3 is 9.50 Å². The average molecular weight is 427 g/mol. The normalized spacial score (nSPS) is 10.8. The van der Waals surface area contributed by atoms with E-state index in [1.54, 1.807) is 12.1 Å². The first-order valence-electron chi connectivity index (χ1n) is 8.46. The van der Waals surface area contributed by atoms with Crippen LogP contribution in [0.5, 0.6) is 5.75 Å². The molecule has 0 radical (unpaired) electrons. The smallest absolute Gasteiger partial charge is 0.339 e. The zero-order valence-corrected chi connectivity index (χ0v) is 16.6. The number of nitrogens with one attached hydrogen (secondary N) is 1. The summed E-state index contributed by atoms with van der Waals surface area (Å²) in [6, 6.07) is 20.8. The lowest BCUT2D eigenvalue weighted by molar-refractivity contribution is 0.0949. The lowest BCUT2D eigenvalue weighted by Gasteiger charge is -2.12. The highest BCUT2D eigenvalue weighted by Gasteiger charge is 2.22. The van der Waals surface area contributed by atoms with E-state index < -0.39 is 16.0 Å². The van der Waals surface area contributed by atoms with E-state index >= 15 is 0 Å². The van der Waals surface area contributed by atoms with Crippen molar-refractivity contribution in [2.45, 2.75) is 11.4 Å². The van der Waals surface area contributed by atoms with Crippen molar-refractivity contribution in [3.63, 3.8) is 0 Å². The molecule has 0 spiro atoms. The molecule has 29 heavy (non-hydrogen) atoms. The molecule has 0 aromatic heterocycles. The van der Waals surface area contributed by atoms with E-state index in [0.29, 0.717) is 0 Å². The van der Waals surface area contributed by atoms with E-state index in [1.807, 2.05) is 36.4 Å². The number of nitrogens with zero attached hydrogens (tertiary/aromatic N) is 1. The monoisotopic (exact) mass is 426 g/mol. The van der Waals surface area contributed by atoms with Crippen molar-refractivity contribution >= 4 is 27.6 Å². The Labute approximate surface area is 173 Å². The van der Waals surface area contributed by atoms with Gasteiger partial charge >= 0.3 is 10.1 Å². The molecule has 0 aliphatic rings. The van der Waals surface area contributed by atoms with Crippen LogP contribution in [0.1, 0.15) is 21.5 Å². The van der Waals surface area contributed by atoms with Gasteiger partial charge in [-0.05, 0) is 35.9 Å². The Balaban J connectivity index is 1.82. The minimum absolute atomic E-state index is 0.00827. The van der Waals surface area contributed by atoms with Crippen molar-refractivity contribution in [3.8, 4) is 11.8 Å². The van der Waals surface area contributed by atoms with Gasteiger partial charge in [-0.2, -0.15) is 13.7 Å². The third kappa shape index (κ3) is 4.93. The molecule has 0 aliphatic heterocycles. The summed E-state index contributed by atoms with van der Waals surface area (Å²) in [4.78, 5) is 12.3. The molecule has 3 rings (SSSR count). The first-order valence-corrected chi connectivity index (χ1v) is 10.2. The van der Waals surface area contributed by atoms with Gasteiger partial charge in [0.1, 0.15) is 11.0 Å². The van der Waals surface area contributed by atoms with Crippen LogP contribution in [-0.2, 0) is 16.7 Å². The minimum atomic E-state index is -4.26. The van der Waals surface area contributed by atoms with Gasteiger partial charge in [0.25, 0.3) is 5.91 Å². The Bertz CT molecular complexity index is 1190. The second-order valence-corrected chi connectivity index (χ2v) is 7.91. The van der Waals surface area contributed by atoms with Crippen molar-refractivity contribution in [1.82, 2.24) is 5.32 Å². The summed E-state index contributed by atoms with van der Waals surface area (Å²) in [5, 5.41) is 11.6. The molecule has 0 saturated carbocycles. The maximum Gasteiger partial charge on any atom is 0.339 e. The molecule has 0 aliphatic carbocycles. The van der Waals surface area contributed by atoms with Crippen molar-refractivity contribution in [2.75, 3.05) is 0 Å². The van der Waals surface area contributed by atoms with Gasteiger partial charge in [-0.15, -0.1) is 0 Å². The number of nitriles is 1. The zero-order valence-electron chi connectivity index (χ0n) is 15.0. The Morgan fingerprint density at radius 2 is 1.72 bits per heavy atom. The highest BCUT2D eigenvalue weighted by atomic mass is 35.5. The van der Waals surface area contributed by atoms with Crippen LogP contribution in [0.15, 0.2) is 77.7 Å². The summed E-state index contributed by atoms with van der Waals surface area (Å²) < 4.78 is 30.4. The molecule has 1 amide bonds. The fourth-order valence-electron chi connectivity index (χ4n) is 2.51. The van der Waals surface area contributed by atoms with Crippen LogP contribution in [0.4, 0.5) is 0 Å². The number of carbonyl (C=O) groups excluding carboxylic acids is 1. The average Bonchev–Trinajstić information content (AvgIpc) is 2.73. The topological polar surface area (TPSA) is 96.3 Å². The molecule has 8 heteroatoms. The van der Waals surface area contributed by atoms with Crippen LogP contribution >= 0.6 is 11.6 Å². The summed E-state index contributed by atoms with van der Waals surface area (Å²) in [5.74, 6) is -0.587. The SMILES string of the molecule is N#Cc1ccc(S(=O)(=O)Oc2ccccc2C(=O)NCc2ccccc2)cc1Cl. The number of halogens is 1. The summed E-state index contributed by atoms with van der Waals surface area (Å²) in [6.07, 6.45) is 0. The summed E-state index contributed by atoms with van der Waals surface area (Å²) in [7, 11) is -4.26. The van der Waals surface area contributed by atoms with E-state index in [-0.39, 0.29) is 33.3 Å². The number of rotatable bonds is 6. The van der Waals surface area contributed by atoms with Crippen LogP contribution in [0, 0.1) is 11.3 Å². The lowest BCUT2D eigenvalue weighted by Crippen LogP contribution is -2.24. The number of para-hydroxylation sites is 1. The molecule has 0 atom stereocenters. The minimum Gasteiger partial charge on any atom is -0.378 e. The second kappa shape index (κ2) is 8.78. The van der Waals surface area contributed by atoms with E-state index in [9.17, 15) is 13.2 Å². The molecule has 0 heterocycles. The summed E-state index contributed by atoms with van der Waals surface area (Å²) >= 11 is 5.91. The van der Waals surface area contributed by atoms with E-state index in [0.717, 1.165) is 11.6 Å². The summed E-state index contributed by atoms with van der Waals surface area (Å²) in [5.41, 5.74) is 1.12. The van der Waals surface area contributed by atoms with Crippen LogP contribution in [0.2, 0.25) is 5.02 Å². The molecule has 0 fully saturated rings. The van der Waals surface area contributed by atoms with Gasteiger partial charge in [0.05, 0.1) is 16.1 Å². The molecule has 3 aromatic carbocycles. The van der Waals surface area contributed by atoms with Crippen LogP contribution in [0.25, 0.3) is 0 Å². The molecule has 0 bridgehead atoms. The quantitative estimate of drug-likeness (QED) is 0.603. The number of hydrogen-bond acceptors (Lipinski definition) is 5. The molecule has 3 aromatic rings. The highest BCUT2D eigenvalue weighted by molar-refractivity contribution is 7.87. The summed E-state index contributed by atoms with van der Waals surface area (Å²) in [6.45, 7) is 0.284. The van der Waals surface area contributed by atoms with Crippen LogP contribution < -0.4 is 9.50 Å². The van der Waals surface area contributed by atoms with Crippen molar-refractivity contribution < 1.29 is 17.4 Å². The fourth-order valence-corrected chi connectivity index (χ4v) is 3.77. The third-order valence-corrected chi connectivity index (χ3v) is 5.52. The number of amides is 1. The molecule has 0 unspecified atom stereocenters. The number of carbonyl (C=O) groups is 1. The van der Waals surface area contributed by atoms with Gasteiger partial charge in [0, 0.05) is 6.54 Å². The largest absolute Gasteiger partial charge is 0.378 e. The van der Waals surface area contributed by atoms with Gasteiger partial charge in [-0.3, -0.25) is 4.79 Å². The van der Waals surface area contributed by atoms with Crippen molar-refractivity contribution in [2.24, 2.45) is 0 Å². The Hall–Kier alpha value is -3.34. The molecule has 0 saturated heterocycles. The Kier molecular flexibility index (Phi) is 6.17. The van der Waals surface area contributed by atoms with Gasteiger partial charge in [-0.25, -0.2) is 0 Å². The maximum atomic E-state index is 12.6. The van der Waals surface area contributed by atoms with Crippen LogP contribution in [-0.4, -0.2) is 14.3 Å². The lowest BCUT2D eigenvalue weighted by atomic mass is 10.1. The van der Waals surface area contributed by atoms with Gasteiger partial charge in [-0.1, -0.05) is 54.1 Å². The van der Waals surface area contributed by atoms with Gasteiger partial charge in [0.15, 0.2) is 5.75 Å². The zero-order chi connectivity index (χ0) is 20.9. The molecule has 146 valence electrons. The Morgan fingerprint density at radius 3 is 2.41 bits per heavy atom. The van der Waals surface area contributed by atoms with E-state index in [2.05, 4.69) is 5.32 Å². The predicted molar refractivity (Wildman–Crippen MR) is 108 cm³/mol. The first-order chi connectivity index (χ1) is 13.9. The number of benzene rings is 3. The molecule has 1 N–H and O–H groups in total. The molecule has 6 nitrogen and oxygen atoms in total. The maximum absolute atomic E-state index is 12.6. The van der Waals surface area contributed by atoms with E-state index in [1.165, 1.54) is 24.3 Å². The van der Waals surface area contributed by atoms with Crippen LogP contribution in [0.3, 0.4) is 0 Å².